The van der Waals surface area contributed by atoms with Gasteiger partial charge in [0.15, 0.2) is 0 Å². The van der Waals surface area contributed by atoms with Crippen LogP contribution in [0.3, 0.4) is 0 Å². The molecule has 0 amide bonds. The van der Waals surface area contributed by atoms with E-state index < -0.39 is 0 Å². The van der Waals surface area contributed by atoms with Crippen LogP contribution in [0.5, 0.6) is 0 Å². The first-order valence-corrected chi connectivity index (χ1v) is 3.74. The summed E-state index contributed by atoms with van der Waals surface area (Å²) in [6.07, 6.45) is 0. The highest BCUT2D eigenvalue weighted by Crippen LogP contribution is 2.00. The molecule has 3 nitrogen and oxygen atoms in total. The van der Waals surface area contributed by atoms with Crippen molar-refractivity contribution >= 4 is 0 Å². The van der Waals surface area contributed by atoms with Crippen LogP contribution in [0, 0.1) is 0 Å². The summed E-state index contributed by atoms with van der Waals surface area (Å²) in [6, 6.07) is 0. The summed E-state index contributed by atoms with van der Waals surface area (Å²) in [5.74, 6) is 0. The van der Waals surface area contributed by atoms with Gasteiger partial charge in [-0.1, -0.05) is 0 Å². The van der Waals surface area contributed by atoms with E-state index in [9.17, 15) is 0 Å². The number of rotatable bonds is 0. The number of hydrogen-bond acceptors (Lipinski definition) is 3. The Morgan fingerprint density at radius 3 is 2.00 bits per heavy atom. The van der Waals surface area contributed by atoms with E-state index >= 15 is 0 Å². The number of piperazine rings is 1. The Hall–Kier alpha value is -0.120. The minimum absolute atomic E-state index is 0.318. The smallest absolute Gasteiger partial charge is 0.0250 e. The monoisotopic (exact) mass is 145 g/mol. The minimum atomic E-state index is 0.318. The van der Waals surface area contributed by atoms with Gasteiger partial charge in [0.25, 0.3) is 0 Å². The van der Waals surface area contributed by atoms with Crippen LogP contribution in [-0.2, 0) is 0 Å². The lowest BCUT2D eigenvalue weighted by atomic mass is 10.0. The molecule has 1 fully saturated rings. The van der Waals surface area contributed by atoms with Gasteiger partial charge < -0.3 is 16.4 Å². The Labute approximate surface area is 63.4 Å². The molecule has 1 aliphatic heterocycles. The quantitative estimate of drug-likeness (QED) is 0.432. The van der Waals surface area contributed by atoms with Crippen LogP contribution in [0.25, 0.3) is 0 Å². The third kappa shape index (κ3) is 3.82. The summed E-state index contributed by atoms with van der Waals surface area (Å²) in [7, 11) is 1.50. The molecular weight excluding hydrogens is 126 g/mol. The molecule has 0 aromatic heterocycles. The highest BCUT2D eigenvalue weighted by Gasteiger charge is 2.18. The van der Waals surface area contributed by atoms with Crippen molar-refractivity contribution in [2.45, 2.75) is 19.4 Å². The molecule has 0 aliphatic carbocycles. The van der Waals surface area contributed by atoms with Crippen molar-refractivity contribution in [3.05, 3.63) is 0 Å². The molecule has 0 atom stereocenters. The molecule has 1 heterocycles. The number of nitrogens with one attached hydrogen (secondary N) is 2. The predicted molar refractivity (Wildman–Crippen MR) is 45.1 cm³/mol. The molecule has 4 N–H and O–H groups in total. The Kier molecular flexibility index (Phi) is 4.60. The summed E-state index contributed by atoms with van der Waals surface area (Å²) in [4.78, 5) is 0. The highest BCUT2D eigenvalue weighted by atomic mass is 15.1. The summed E-state index contributed by atoms with van der Waals surface area (Å²) >= 11 is 0. The summed E-state index contributed by atoms with van der Waals surface area (Å²) < 4.78 is 0. The molecule has 0 aromatic carbocycles. The lowest BCUT2D eigenvalue weighted by Gasteiger charge is -2.31. The van der Waals surface area contributed by atoms with E-state index in [1.54, 1.807) is 0 Å². The van der Waals surface area contributed by atoms with E-state index in [1.807, 2.05) is 0 Å². The third-order valence-electron chi connectivity index (χ3n) is 1.47. The van der Waals surface area contributed by atoms with E-state index in [0.29, 0.717) is 5.54 Å². The SMILES string of the molecule is CC1(C)CNCCN1.CN. The molecule has 1 saturated heterocycles. The van der Waals surface area contributed by atoms with Gasteiger partial charge in [0.2, 0.25) is 0 Å². The van der Waals surface area contributed by atoms with Crippen LogP contribution in [-0.4, -0.2) is 32.2 Å². The van der Waals surface area contributed by atoms with Crippen LogP contribution >= 0.6 is 0 Å². The van der Waals surface area contributed by atoms with E-state index in [-0.39, 0.29) is 0 Å². The minimum Gasteiger partial charge on any atom is -0.333 e. The fourth-order valence-corrected chi connectivity index (χ4v) is 0.953. The van der Waals surface area contributed by atoms with Gasteiger partial charge in [0.1, 0.15) is 0 Å². The summed E-state index contributed by atoms with van der Waals surface area (Å²) in [5.41, 5.74) is 4.82. The van der Waals surface area contributed by atoms with Crippen molar-refractivity contribution in [2.24, 2.45) is 5.73 Å². The molecule has 1 aliphatic rings. The molecule has 10 heavy (non-hydrogen) atoms. The fourth-order valence-electron chi connectivity index (χ4n) is 0.953. The Morgan fingerprint density at radius 2 is 1.80 bits per heavy atom. The standard InChI is InChI=1S/C6H14N2.CH5N/c1-6(2)5-7-3-4-8-6;1-2/h7-8H,3-5H2,1-2H3;2H2,1H3. The van der Waals surface area contributed by atoms with Gasteiger partial charge in [0, 0.05) is 25.2 Å². The van der Waals surface area contributed by atoms with E-state index in [2.05, 4.69) is 30.2 Å². The van der Waals surface area contributed by atoms with Crippen LogP contribution in [0.2, 0.25) is 0 Å². The van der Waals surface area contributed by atoms with E-state index in [0.717, 1.165) is 19.6 Å². The summed E-state index contributed by atoms with van der Waals surface area (Å²) in [5, 5.41) is 6.71. The maximum atomic E-state index is 4.50. The molecule has 1 rings (SSSR count). The van der Waals surface area contributed by atoms with Crippen LogP contribution < -0.4 is 16.4 Å². The topological polar surface area (TPSA) is 50.1 Å². The van der Waals surface area contributed by atoms with Crippen molar-refractivity contribution in [3.63, 3.8) is 0 Å². The van der Waals surface area contributed by atoms with Crippen LogP contribution in [0.1, 0.15) is 13.8 Å². The van der Waals surface area contributed by atoms with Gasteiger partial charge in [-0.25, -0.2) is 0 Å². The van der Waals surface area contributed by atoms with Crippen molar-refractivity contribution in [1.29, 1.82) is 0 Å². The first-order chi connectivity index (χ1) is 4.71. The largest absolute Gasteiger partial charge is 0.333 e. The van der Waals surface area contributed by atoms with E-state index in [4.69, 9.17) is 0 Å². The summed E-state index contributed by atoms with van der Waals surface area (Å²) in [6.45, 7) is 7.72. The normalized spacial score (nSPS) is 22.8. The molecule has 0 radical (unpaired) electrons. The highest BCUT2D eigenvalue weighted by molar-refractivity contribution is 4.83. The number of nitrogens with two attached hydrogens (primary N) is 1. The van der Waals surface area contributed by atoms with E-state index in [1.165, 1.54) is 7.05 Å². The average molecular weight is 145 g/mol. The Morgan fingerprint density at radius 1 is 1.20 bits per heavy atom. The molecule has 0 spiro atoms. The second kappa shape index (κ2) is 4.66. The Bertz CT molecular complexity index is 72.9. The second-order valence-electron chi connectivity index (χ2n) is 2.99. The second-order valence-corrected chi connectivity index (χ2v) is 2.99. The zero-order valence-electron chi connectivity index (χ0n) is 7.20. The van der Waals surface area contributed by atoms with Gasteiger partial charge >= 0.3 is 0 Å². The van der Waals surface area contributed by atoms with Gasteiger partial charge in [-0.15, -0.1) is 0 Å². The first-order valence-electron chi connectivity index (χ1n) is 3.74. The zero-order valence-corrected chi connectivity index (χ0v) is 7.20. The average Bonchev–Trinajstić information content (AvgIpc) is 1.92. The third-order valence-corrected chi connectivity index (χ3v) is 1.47. The lowest BCUT2D eigenvalue weighted by molar-refractivity contribution is 0.323. The maximum absolute atomic E-state index is 4.50. The molecular formula is C7H19N3. The van der Waals surface area contributed by atoms with Gasteiger partial charge in [0.05, 0.1) is 0 Å². The number of hydrogen-bond donors (Lipinski definition) is 3. The maximum Gasteiger partial charge on any atom is 0.0250 e. The fraction of sp³-hybridized carbons (Fsp3) is 1.00. The predicted octanol–water partition coefficient (Wildman–Crippen LogP) is -0.467. The van der Waals surface area contributed by atoms with Gasteiger partial charge in [-0.3, -0.25) is 0 Å². The van der Waals surface area contributed by atoms with Crippen LogP contribution in [0.4, 0.5) is 0 Å². The molecule has 62 valence electrons. The van der Waals surface area contributed by atoms with Crippen molar-refractivity contribution < 1.29 is 0 Å². The molecule has 0 unspecified atom stereocenters. The zero-order chi connectivity index (χ0) is 8.04. The van der Waals surface area contributed by atoms with Gasteiger partial charge in [-0.05, 0) is 20.9 Å². The van der Waals surface area contributed by atoms with Crippen molar-refractivity contribution in [3.8, 4) is 0 Å². The molecule has 0 saturated carbocycles. The first kappa shape index (κ1) is 9.88. The van der Waals surface area contributed by atoms with Crippen LogP contribution in [0.15, 0.2) is 0 Å². The molecule has 0 bridgehead atoms. The molecule has 3 heteroatoms. The Balaban J connectivity index is 0.000000371. The van der Waals surface area contributed by atoms with Crippen molar-refractivity contribution in [2.75, 3.05) is 26.7 Å². The van der Waals surface area contributed by atoms with Crippen molar-refractivity contribution in [1.82, 2.24) is 10.6 Å². The van der Waals surface area contributed by atoms with Gasteiger partial charge in [-0.2, -0.15) is 0 Å². The molecule has 0 aromatic rings. The lowest BCUT2D eigenvalue weighted by Crippen LogP contribution is -2.55.